The number of anilines is 2. The molecule has 0 aromatic carbocycles. The highest BCUT2D eigenvalue weighted by Crippen LogP contribution is 2.54. The summed E-state index contributed by atoms with van der Waals surface area (Å²) in [6.45, 7) is -5.20. The highest BCUT2D eigenvalue weighted by molar-refractivity contribution is 8.07. The molecule has 0 radical (unpaired) electrons. The fourth-order valence-corrected chi connectivity index (χ4v) is 7.87. The minimum absolute atomic E-state index is 0.0301. The Kier molecular flexibility index (Phi) is 7.71. The van der Waals surface area contributed by atoms with E-state index in [4.69, 9.17) is 37.1 Å². The Hall–Kier alpha value is -2.78. The fraction of sp³-hybridized carbons (Fsp3) is 0.476. The van der Waals surface area contributed by atoms with Crippen molar-refractivity contribution in [2.24, 2.45) is 0 Å². The number of nitrogens with zero attached hydrogens (tertiary/aromatic N) is 6. The first kappa shape index (κ1) is 29.3. The molecule has 9 atom stereocenters. The maximum Gasteiger partial charge on any atom is 0.325 e. The Labute approximate surface area is 243 Å². The number of fused-ring (bicyclic) bond motifs is 2. The lowest BCUT2D eigenvalue weighted by Gasteiger charge is -2.27. The lowest BCUT2D eigenvalue weighted by molar-refractivity contribution is -0.0476. The Balaban J connectivity index is 1.19. The zero-order chi connectivity index (χ0) is 29.9. The standard InChI is InChI=1S/C21H25FN9O8PS2/c22-10-12(33)8(38-19(10)30-2-1-7-15(23)25-5-26-16(7)30)4-37-40(36,41)39-14-13(34)9(3-32)42-20(14)31-6-27-11-17(31)28-21(24)29-18(11)35/h1-2,5-6,8-10,12-14,19-20,32-34H,3-4H2,(H,36,41)(H2,23,25,26)(H3,24,28,29,35)/t8-,9-,10+,12?,13-,14-,19-,20-,40?/m1/s1. The van der Waals surface area contributed by atoms with Gasteiger partial charge in [0.2, 0.25) is 5.95 Å². The van der Waals surface area contributed by atoms with E-state index in [1.54, 1.807) is 6.07 Å². The number of aromatic amines is 1. The summed E-state index contributed by atoms with van der Waals surface area (Å²) in [6.07, 6.45) is -4.74. The van der Waals surface area contributed by atoms with E-state index in [2.05, 4.69) is 24.9 Å². The predicted molar refractivity (Wildman–Crippen MR) is 150 cm³/mol. The zero-order valence-corrected chi connectivity index (χ0v) is 23.8. The summed E-state index contributed by atoms with van der Waals surface area (Å²) in [5.74, 6) is 0.0162. The molecule has 0 saturated carbocycles. The number of H-pyrrole nitrogens is 1. The van der Waals surface area contributed by atoms with Crippen LogP contribution >= 0.6 is 18.5 Å². The minimum Gasteiger partial charge on any atom is -0.395 e. The highest BCUT2D eigenvalue weighted by atomic mass is 32.5. The second-order valence-corrected chi connectivity index (χ2v) is 13.7. The van der Waals surface area contributed by atoms with Crippen LogP contribution in [0.15, 0.2) is 29.7 Å². The predicted octanol–water partition coefficient (Wildman–Crippen LogP) is -1.09. The molecule has 9 N–H and O–H groups in total. The van der Waals surface area contributed by atoms with E-state index < -0.39 is 72.9 Å². The van der Waals surface area contributed by atoms with E-state index in [1.807, 2.05) is 0 Å². The number of aliphatic hydroxyl groups excluding tert-OH is 3. The van der Waals surface area contributed by atoms with Crippen LogP contribution in [0.2, 0.25) is 0 Å². The molecule has 17 nitrogen and oxygen atoms in total. The highest BCUT2D eigenvalue weighted by Gasteiger charge is 2.49. The van der Waals surface area contributed by atoms with Gasteiger partial charge in [-0.05, 0) is 17.9 Å². The summed E-state index contributed by atoms with van der Waals surface area (Å²) in [4.78, 5) is 41.6. The van der Waals surface area contributed by atoms with Crippen molar-refractivity contribution in [1.82, 2.24) is 34.1 Å². The number of thioether (sulfide) groups is 1. The lowest BCUT2D eigenvalue weighted by atomic mass is 10.1. The van der Waals surface area contributed by atoms with Gasteiger partial charge in [0.05, 0.1) is 36.3 Å². The number of aliphatic hydroxyl groups is 3. The number of halogens is 1. The molecule has 2 saturated heterocycles. The quantitative estimate of drug-likeness (QED) is 0.112. The van der Waals surface area contributed by atoms with Crippen LogP contribution in [0, 0.1) is 0 Å². The molecular weight excluding hydrogens is 620 g/mol. The molecule has 2 fully saturated rings. The van der Waals surface area contributed by atoms with Crippen LogP contribution in [-0.4, -0.2) is 103 Å². The molecule has 2 aliphatic rings. The molecule has 42 heavy (non-hydrogen) atoms. The van der Waals surface area contributed by atoms with Gasteiger partial charge in [0, 0.05) is 6.20 Å². The molecule has 4 aromatic heterocycles. The third-order valence-electron chi connectivity index (χ3n) is 6.98. The Morgan fingerprint density at radius 1 is 1.21 bits per heavy atom. The van der Waals surface area contributed by atoms with Crippen molar-refractivity contribution >= 4 is 64.3 Å². The van der Waals surface area contributed by atoms with Gasteiger partial charge in [-0.3, -0.25) is 18.9 Å². The van der Waals surface area contributed by atoms with Crippen LogP contribution in [0.1, 0.15) is 11.6 Å². The average molecular weight is 646 g/mol. The van der Waals surface area contributed by atoms with Gasteiger partial charge < -0.3 is 45.5 Å². The molecule has 21 heteroatoms. The number of rotatable bonds is 8. The van der Waals surface area contributed by atoms with Crippen LogP contribution in [0.4, 0.5) is 16.2 Å². The molecule has 0 bridgehead atoms. The largest absolute Gasteiger partial charge is 0.395 e. The molecule has 4 aromatic rings. The van der Waals surface area contributed by atoms with Crippen molar-refractivity contribution in [3.63, 3.8) is 0 Å². The van der Waals surface area contributed by atoms with Gasteiger partial charge >= 0.3 is 6.72 Å². The van der Waals surface area contributed by atoms with Gasteiger partial charge in [0.1, 0.15) is 41.5 Å². The van der Waals surface area contributed by atoms with E-state index in [9.17, 15) is 25.0 Å². The topological polar surface area (TPSA) is 255 Å². The summed E-state index contributed by atoms with van der Waals surface area (Å²) in [7, 11) is 0. The fourth-order valence-electron chi connectivity index (χ4n) is 4.95. The number of ether oxygens (including phenoxy) is 1. The van der Waals surface area contributed by atoms with Gasteiger partial charge in [-0.1, -0.05) is 0 Å². The first-order valence-electron chi connectivity index (χ1n) is 12.4. The van der Waals surface area contributed by atoms with Crippen LogP contribution in [-0.2, 0) is 25.6 Å². The smallest absolute Gasteiger partial charge is 0.325 e. The number of imidazole rings is 1. The maximum atomic E-state index is 15.2. The molecule has 2 aliphatic heterocycles. The number of nitrogen functional groups attached to an aromatic ring is 2. The molecule has 226 valence electrons. The summed E-state index contributed by atoms with van der Waals surface area (Å²) >= 11 is 6.24. The van der Waals surface area contributed by atoms with E-state index in [-0.39, 0.29) is 22.9 Å². The van der Waals surface area contributed by atoms with Crippen LogP contribution in [0.3, 0.4) is 0 Å². The molecule has 6 heterocycles. The summed E-state index contributed by atoms with van der Waals surface area (Å²) < 4.78 is 34.8. The lowest BCUT2D eigenvalue weighted by Crippen LogP contribution is -2.35. The maximum absolute atomic E-state index is 15.2. The second kappa shape index (κ2) is 11.1. The van der Waals surface area contributed by atoms with Crippen molar-refractivity contribution in [3.05, 3.63) is 35.3 Å². The molecule has 0 amide bonds. The van der Waals surface area contributed by atoms with Crippen molar-refractivity contribution in [3.8, 4) is 0 Å². The number of nitrogens with two attached hydrogens (primary N) is 2. The first-order chi connectivity index (χ1) is 20.0. The van der Waals surface area contributed by atoms with Crippen molar-refractivity contribution < 1.29 is 38.4 Å². The van der Waals surface area contributed by atoms with Crippen molar-refractivity contribution in [1.29, 1.82) is 0 Å². The van der Waals surface area contributed by atoms with Crippen LogP contribution < -0.4 is 17.0 Å². The molecular formula is C21H25FN9O8PS2. The monoisotopic (exact) mass is 645 g/mol. The SMILES string of the molecule is Nc1nc2c(ncn2[C@@H]2S[C@H](CO)[C@@H](O)[C@H]2OP(O)(=S)OC[C@H]2O[C@@H](n3ccc4c(N)ncnc43)[C@@H](F)C2O)c(=O)[nH]1. The molecule has 0 aliphatic carbocycles. The first-order valence-corrected chi connectivity index (χ1v) is 15.9. The molecule has 0 spiro atoms. The number of aromatic nitrogens is 7. The third-order valence-corrected chi connectivity index (χ3v) is 10.1. The van der Waals surface area contributed by atoms with Gasteiger partial charge in [0.15, 0.2) is 23.6 Å². The van der Waals surface area contributed by atoms with Gasteiger partial charge in [0.25, 0.3) is 5.56 Å². The van der Waals surface area contributed by atoms with Crippen molar-refractivity contribution in [2.75, 3.05) is 24.7 Å². The van der Waals surface area contributed by atoms with Gasteiger partial charge in [-0.25, -0.2) is 19.3 Å². The Bertz CT molecular complexity index is 1740. The number of hydrogen-bond donors (Lipinski definition) is 7. The Morgan fingerprint density at radius 2 is 2.00 bits per heavy atom. The van der Waals surface area contributed by atoms with E-state index in [1.165, 1.54) is 28.0 Å². The summed E-state index contributed by atoms with van der Waals surface area (Å²) in [5, 5.41) is 30.0. The van der Waals surface area contributed by atoms with E-state index in [0.717, 1.165) is 11.8 Å². The molecule has 6 rings (SSSR count). The number of alkyl halides is 1. The average Bonchev–Trinajstić information content (AvgIpc) is 3.69. The minimum atomic E-state index is -4.18. The zero-order valence-electron chi connectivity index (χ0n) is 21.2. The van der Waals surface area contributed by atoms with E-state index in [0.29, 0.717) is 11.0 Å². The van der Waals surface area contributed by atoms with Crippen LogP contribution in [0.25, 0.3) is 22.2 Å². The third kappa shape index (κ3) is 5.06. The normalized spacial score (nSPS) is 31.3. The van der Waals surface area contributed by atoms with Crippen molar-refractivity contribution in [2.45, 2.75) is 47.4 Å². The molecule has 2 unspecified atom stereocenters. The number of hydrogen-bond acceptors (Lipinski definition) is 15. The van der Waals surface area contributed by atoms with Gasteiger partial charge in [-0.2, -0.15) is 4.98 Å². The van der Waals surface area contributed by atoms with Crippen LogP contribution in [0.5, 0.6) is 0 Å². The second-order valence-electron chi connectivity index (χ2n) is 9.57. The van der Waals surface area contributed by atoms with Gasteiger partial charge in [-0.15, -0.1) is 11.8 Å². The summed E-state index contributed by atoms with van der Waals surface area (Å²) in [6, 6.07) is 1.59. The van der Waals surface area contributed by atoms with E-state index >= 15 is 4.39 Å². The summed E-state index contributed by atoms with van der Waals surface area (Å²) in [5.41, 5.74) is 11.3. The Morgan fingerprint density at radius 3 is 2.76 bits per heavy atom. The number of nitrogens with one attached hydrogen (secondary N) is 1.